The summed E-state index contributed by atoms with van der Waals surface area (Å²) >= 11 is 5.82. The topological polar surface area (TPSA) is 70.0 Å². The number of sulfonamides is 1. The number of benzene rings is 1. The van der Waals surface area contributed by atoms with Crippen LogP contribution >= 0.6 is 11.6 Å². The lowest BCUT2D eigenvalue weighted by atomic mass is 10.2. The molecule has 1 aromatic carbocycles. The number of halogens is 1. The normalized spacial score (nSPS) is 12.8. The van der Waals surface area contributed by atoms with Crippen molar-refractivity contribution in [3.05, 3.63) is 41.4 Å². The van der Waals surface area contributed by atoms with Crippen LogP contribution in [0.1, 0.15) is 12.5 Å². The molecule has 4 nitrogen and oxygen atoms in total. The second-order valence-corrected chi connectivity index (χ2v) is 5.49. The van der Waals surface area contributed by atoms with E-state index in [4.69, 9.17) is 16.9 Å². The lowest BCUT2D eigenvalue weighted by Gasteiger charge is -2.11. The van der Waals surface area contributed by atoms with Gasteiger partial charge in [-0.25, -0.2) is 13.1 Å². The molecule has 0 radical (unpaired) electrons. The van der Waals surface area contributed by atoms with Crippen molar-refractivity contribution in [3.63, 3.8) is 0 Å². The molecule has 0 unspecified atom stereocenters. The lowest BCUT2D eigenvalue weighted by molar-refractivity contribution is 0.576. The molecule has 0 bridgehead atoms. The summed E-state index contributed by atoms with van der Waals surface area (Å²) < 4.78 is 26.2. The van der Waals surface area contributed by atoms with Crippen LogP contribution in [0.3, 0.4) is 0 Å². The van der Waals surface area contributed by atoms with Crippen molar-refractivity contribution in [3.8, 4) is 6.07 Å². The van der Waals surface area contributed by atoms with Crippen LogP contribution in [-0.2, 0) is 10.0 Å². The molecule has 0 aliphatic heterocycles. The van der Waals surface area contributed by atoms with Gasteiger partial charge in [-0.15, -0.1) is 6.58 Å². The molecular formula is C11H11ClN2O2S. The van der Waals surface area contributed by atoms with Crippen LogP contribution in [0.4, 0.5) is 0 Å². The summed E-state index contributed by atoms with van der Waals surface area (Å²) in [6.07, 6.45) is 1.47. The fraction of sp³-hybridized carbons (Fsp3) is 0.182. The van der Waals surface area contributed by atoms with Gasteiger partial charge in [0.2, 0.25) is 10.0 Å². The third kappa shape index (κ3) is 3.30. The number of rotatable bonds is 4. The Labute approximate surface area is 106 Å². The third-order valence-corrected chi connectivity index (χ3v) is 4.09. The van der Waals surface area contributed by atoms with Crippen molar-refractivity contribution < 1.29 is 8.42 Å². The number of nitriles is 1. The minimum absolute atomic E-state index is 0.0211. The van der Waals surface area contributed by atoms with Crippen molar-refractivity contribution in [2.24, 2.45) is 0 Å². The highest BCUT2D eigenvalue weighted by Crippen LogP contribution is 2.22. The van der Waals surface area contributed by atoms with Crippen LogP contribution in [0.25, 0.3) is 0 Å². The SMILES string of the molecule is C=C[C@H](C)NS(=O)(=O)c1ccc(C#N)cc1Cl. The second-order valence-electron chi connectivity index (χ2n) is 3.40. The Bertz CT molecular complexity index is 576. The van der Waals surface area contributed by atoms with E-state index in [1.54, 1.807) is 6.92 Å². The first-order chi connectivity index (χ1) is 7.90. The Morgan fingerprint density at radius 1 is 1.59 bits per heavy atom. The minimum Gasteiger partial charge on any atom is -0.207 e. The van der Waals surface area contributed by atoms with Crippen molar-refractivity contribution >= 4 is 21.6 Å². The molecule has 0 saturated heterocycles. The summed E-state index contributed by atoms with van der Waals surface area (Å²) in [5, 5.41) is 8.67. The number of nitrogens with zero attached hydrogens (tertiary/aromatic N) is 1. The van der Waals surface area contributed by atoms with Gasteiger partial charge in [0.1, 0.15) is 4.90 Å². The molecule has 0 saturated carbocycles. The van der Waals surface area contributed by atoms with E-state index >= 15 is 0 Å². The molecule has 1 aromatic rings. The lowest BCUT2D eigenvalue weighted by Crippen LogP contribution is -2.31. The summed E-state index contributed by atoms with van der Waals surface area (Å²) in [6.45, 7) is 5.14. The van der Waals surface area contributed by atoms with Crippen LogP contribution < -0.4 is 4.72 Å². The van der Waals surface area contributed by atoms with E-state index in [1.165, 1.54) is 24.3 Å². The smallest absolute Gasteiger partial charge is 0.207 e. The average Bonchev–Trinajstić information content (AvgIpc) is 2.27. The molecule has 6 heteroatoms. The van der Waals surface area contributed by atoms with Crippen molar-refractivity contribution in [2.75, 3.05) is 0 Å². The van der Waals surface area contributed by atoms with Crippen molar-refractivity contribution in [1.82, 2.24) is 4.72 Å². The maximum absolute atomic E-state index is 11.9. The predicted molar refractivity (Wildman–Crippen MR) is 66.1 cm³/mol. The predicted octanol–water partition coefficient (Wildman–Crippen LogP) is 2.06. The zero-order chi connectivity index (χ0) is 13.1. The Balaban J connectivity index is 3.17. The summed E-state index contributed by atoms with van der Waals surface area (Å²) in [4.78, 5) is -0.0492. The average molecular weight is 271 g/mol. The van der Waals surface area contributed by atoms with Crippen LogP contribution in [0.2, 0.25) is 5.02 Å². The highest BCUT2D eigenvalue weighted by Gasteiger charge is 2.19. The van der Waals surface area contributed by atoms with E-state index in [9.17, 15) is 8.42 Å². The maximum atomic E-state index is 11.9. The Kier molecular flexibility index (Phi) is 4.29. The zero-order valence-electron chi connectivity index (χ0n) is 9.14. The summed E-state index contributed by atoms with van der Waals surface area (Å²) in [7, 11) is -3.69. The van der Waals surface area contributed by atoms with Gasteiger partial charge in [-0.2, -0.15) is 5.26 Å². The Morgan fingerprint density at radius 2 is 2.24 bits per heavy atom. The molecule has 0 amide bonds. The molecular weight excluding hydrogens is 260 g/mol. The molecule has 90 valence electrons. The van der Waals surface area contributed by atoms with Gasteiger partial charge in [0, 0.05) is 6.04 Å². The molecule has 1 atom stereocenters. The molecule has 1 N–H and O–H groups in total. The minimum atomic E-state index is -3.69. The van der Waals surface area contributed by atoms with Crippen LogP contribution in [0.5, 0.6) is 0 Å². The molecule has 0 heterocycles. The highest BCUT2D eigenvalue weighted by molar-refractivity contribution is 7.89. The van der Waals surface area contributed by atoms with Gasteiger partial charge in [0.25, 0.3) is 0 Å². The van der Waals surface area contributed by atoms with Gasteiger partial charge in [-0.05, 0) is 25.1 Å². The van der Waals surface area contributed by atoms with Gasteiger partial charge in [-0.3, -0.25) is 0 Å². The van der Waals surface area contributed by atoms with Crippen molar-refractivity contribution in [2.45, 2.75) is 17.9 Å². The molecule has 1 rings (SSSR count). The van der Waals surface area contributed by atoms with Crippen LogP contribution in [0.15, 0.2) is 35.7 Å². The number of nitrogens with one attached hydrogen (secondary N) is 1. The standard InChI is InChI=1S/C11H11ClN2O2S/c1-3-8(2)14-17(15,16)11-5-4-9(7-13)6-10(11)12/h3-6,8,14H,1H2,2H3/t8-/m0/s1. The van der Waals surface area contributed by atoms with E-state index in [-0.39, 0.29) is 9.92 Å². The monoisotopic (exact) mass is 270 g/mol. The largest absolute Gasteiger partial charge is 0.242 e. The summed E-state index contributed by atoms with van der Waals surface area (Å²) in [5.41, 5.74) is 0.311. The van der Waals surface area contributed by atoms with E-state index in [1.807, 2.05) is 6.07 Å². The second kappa shape index (κ2) is 5.32. The van der Waals surface area contributed by atoms with Gasteiger partial charge in [0.15, 0.2) is 0 Å². The fourth-order valence-electron chi connectivity index (χ4n) is 1.14. The van der Waals surface area contributed by atoms with E-state index in [0.717, 1.165) is 0 Å². The Hall–Kier alpha value is -1.35. The third-order valence-electron chi connectivity index (χ3n) is 2.05. The molecule has 0 aliphatic rings. The molecule has 0 fully saturated rings. The maximum Gasteiger partial charge on any atom is 0.242 e. The fourth-order valence-corrected chi connectivity index (χ4v) is 2.91. The van der Waals surface area contributed by atoms with Gasteiger partial charge >= 0.3 is 0 Å². The van der Waals surface area contributed by atoms with E-state index < -0.39 is 16.1 Å². The summed E-state index contributed by atoms with van der Waals surface area (Å²) in [5.74, 6) is 0. The van der Waals surface area contributed by atoms with Gasteiger partial charge in [-0.1, -0.05) is 17.7 Å². The highest BCUT2D eigenvalue weighted by atomic mass is 35.5. The molecule has 17 heavy (non-hydrogen) atoms. The first-order valence-corrected chi connectivity index (χ1v) is 6.61. The number of hydrogen-bond acceptors (Lipinski definition) is 3. The quantitative estimate of drug-likeness (QED) is 0.852. The van der Waals surface area contributed by atoms with Crippen LogP contribution in [0, 0.1) is 11.3 Å². The van der Waals surface area contributed by atoms with Gasteiger partial charge < -0.3 is 0 Å². The first kappa shape index (κ1) is 13.7. The van der Waals surface area contributed by atoms with E-state index in [2.05, 4.69) is 11.3 Å². The zero-order valence-corrected chi connectivity index (χ0v) is 10.7. The van der Waals surface area contributed by atoms with Crippen molar-refractivity contribution in [1.29, 1.82) is 5.26 Å². The summed E-state index contributed by atoms with van der Waals surface area (Å²) in [6, 6.07) is 5.51. The first-order valence-electron chi connectivity index (χ1n) is 4.75. The van der Waals surface area contributed by atoms with Crippen LogP contribution in [-0.4, -0.2) is 14.5 Å². The molecule has 0 aromatic heterocycles. The molecule has 0 spiro atoms. The Morgan fingerprint density at radius 3 is 2.71 bits per heavy atom. The van der Waals surface area contributed by atoms with E-state index in [0.29, 0.717) is 5.56 Å². The molecule has 0 aliphatic carbocycles. The van der Waals surface area contributed by atoms with Gasteiger partial charge in [0.05, 0.1) is 16.7 Å². The number of hydrogen-bond donors (Lipinski definition) is 1.